The number of para-hydroxylation sites is 1. The third kappa shape index (κ3) is 4.68. The van der Waals surface area contributed by atoms with Crippen LogP contribution in [0.1, 0.15) is 27.9 Å². The van der Waals surface area contributed by atoms with Gasteiger partial charge in [0.2, 0.25) is 11.2 Å². The molecular formula is C23H17NO5. The van der Waals surface area contributed by atoms with E-state index in [9.17, 15) is 19.2 Å². The third-order valence-corrected chi connectivity index (χ3v) is 4.34. The molecule has 3 aromatic rings. The van der Waals surface area contributed by atoms with Crippen LogP contribution in [0.4, 0.5) is 0 Å². The van der Waals surface area contributed by atoms with Gasteiger partial charge in [-0.3, -0.25) is 24.2 Å². The number of carbonyl (C=O) groups excluding carboxylic acids is 3. The minimum absolute atomic E-state index is 0.0264. The molecule has 1 aromatic heterocycles. The monoisotopic (exact) mass is 387 g/mol. The zero-order valence-corrected chi connectivity index (χ0v) is 15.5. The maximum absolute atomic E-state index is 12.5. The maximum Gasteiger partial charge on any atom is 0.210 e. The summed E-state index contributed by atoms with van der Waals surface area (Å²) in [5.74, 6) is -0.854. The van der Waals surface area contributed by atoms with Crippen LogP contribution in [0.5, 0.6) is 0 Å². The van der Waals surface area contributed by atoms with Crippen LogP contribution < -0.4 is 5.43 Å². The summed E-state index contributed by atoms with van der Waals surface area (Å²) in [6.07, 6.45) is 3.40. The van der Waals surface area contributed by atoms with Crippen LogP contribution in [0, 0.1) is 0 Å². The smallest absolute Gasteiger partial charge is 0.210 e. The van der Waals surface area contributed by atoms with Crippen molar-refractivity contribution in [1.29, 1.82) is 0 Å². The Morgan fingerprint density at radius 1 is 1.07 bits per heavy atom. The summed E-state index contributed by atoms with van der Waals surface area (Å²) in [7, 11) is 0. The lowest BCUT2D eigenvalue weighted by atomic mass is 10.0. The van der Waals surface area contributed by atoms with Crippen LogP contribution in [-0.4, -0.2) is 24.1 Å². The molecule has 2 aromatic carbocycles. The van der Waals surface area contributed by atoms with Crippen LogP contribution in [0.2, 0.25) is 0 Å². The molecule has 0 fully saturated rings. The van der Waals surface area contributed by atoms with E-state index in [0.717, 1.165) is 5.56 Å². The molecule has 0 unspecified atom stereocenters. The van der Waals surface area contributed by atoms with Crippen molar-refractivity contribution in [2.45, 2.75) is 12.8 Å². The molecule has 0 aliphatic carbocycles. The molecule has 0 aliphatic heterocycles. The van der Waals surface area contributed by atoms with Crippen molar-refractivity contribution in [3.63, 3.8) is 0 Å². The number of rotatable bonds is 8. The Labute approximate surface area is 166 Å². The molecule has 6 nitrogen and oxygen atoms in total. The normalized spacial score (nSPS) is 10.9. The van der Waals surface area contributed by atoms with Gasteiger partial charge >= 0.3 is 0 Å². The Balaban J connectivity index is 1.71. The van der Waals surface area contributed by atoms with Gasteiger partial charge in [0, 0.05) is 18.2 Å². The fourth-order valence-electron chi connectivity index (χ4n) is 2.70. The van der Waals surface area contributed by atoms with E-state index in [4.69, 9.17) is 4.42 Å². The third-order valence-electron chi connectivity index (χ3n) is 4.34. The van der Waals surface area contributed by atoms with Crippen LogP contribution in [-0.2, 0) is 16.0 Å². The van der Waals surface area contributed by atoms with Crippen molar-refractivity contribution in [3.05, 3.63) is 94.0 Å². The van der Waals surface area contributed by atoms with Crippen LogP contribution in [0.25, 0.3) is 11.0 Å². The topological polar surface area (TPSA) is 93.8 Å². The van der Waals surface area contributed by atoms with Crippen molar-refractivity contribution in [2.75, 3.05) is 0 Å². The van der Waals surface area contributed by atoms with Crippen molar-refractivity contribution in [3.8, 4) is 0 Å². The predicted octanol–water partition coefficient (Wildman–Crippen LogP) is 3.31. The number of nitrogens with zero attached hydrogens (tertiary/aromatic N) is 1. The summed E-state index contributed by atoms with van der Waals surface area (Å²) in [5, 5.41) is 0.428. The number of fused-ring (bicyclic) bond motifs is 1. The second kappa shape index (κ2) is 8.84. The average Bonchev–Trinajstić information content (AvgIpc) is 2.76. The molecule has 3 rings (SSSR count). The minimum atomic E-state index is -0.467. The summed E-state index contributed by atoms with van der Waals surface area (Å²) >= 11 is 0. The molecule has 29 heavy (non-hydrogen) atoms. The van der Waals surface area contributed by atoms with Crippen molar-refractivity contribution >= 4 is 35.0 Å². The highest BCUT2D eigenvalue weighted by Crippen LogP contribution is 2.13. The molecule has 0 saturated heterocycles. The van der Waals surface area contributed by atoms with E-state index in [1.165, 1.54) is 12.5 Å². The zero-order valence-electron chi connectivity index (χ0n) is 15.5. The number of hydrogen-bond donors (Lipinski definition) is 0. The average molecular weight is 387 g/mol. The first-order valence-corrected chi connectivity index (χ1v) is 8.85. The van der Waals surface area contributed by atoms with Gasteiger partial charge < -0.3 is 4.42 Å². The van der Waals surface area contributed by atoms with E-state index in [1.54, 1.807) is 48.5 Å². The highest BCUT2D eigenvalue weighted by molar-refractivity contribution is 6.24. The van der Waals surface area contributed by atoms with Crippen molar-refractivity contribution < 1.29 is 18.8 Å². The van der Waals surface area contributed by atoms with Crippen molar-refractivity contribution in [1.82, 2.24) is 0 Å². The number of aryl methyl sites for hydroxylation is 1. The zero-order chi connectivity index (χ0) is 20.8. The minimum Gasteiger partial charge on any atom is -0.463 e. The molecule has 1 heterocycles. The van der Waals surface area contributed by atoms with Crippen LogP contribution in [0.3, 0.4) is 0 Å². The van der Waals surface area contributed by atoms with Gasteiger partial charge in [0.15, 0.2) is 12.1 Å². The lowest BCUT2D eigenvalue weighted by molar-refractivity contribution is -0.129. The highest BCUT2D eigenvalue weighted by Gasteiger charge is 2.10. The Kier molecular flexibility index (Phi) is 6.04. The molecule has 144 valence electrons. The first kappa shape index (κ1) is 19.8. The molecule has 0 atom stereocenters. The van der Waals surface area contributed by atoms with Gasteiger partial charge in [0.05, 0.1) is 10.9 Å². The lowest BCUT2D eigenvalue weighted by Gasteiger charge is -2.03. The Morgan fingerprint density at radius 3 is 2.52 bits per heavy atom. The molecule has 0 radical (unpaired) electrons. The lowest BCUT2D eigenvalue weighted by Crippen LogP contribution is -2.08. The summed E-state index contributed by atoms with van der Waals surface area (Å²) in [5.41, 5.74) is 1.63. The molecule has 0 bridgehead atoms. The molecule has 0 aliphatic rings. The molecule has 0 spiro atoms. The van der Waals surface area contributed by atoms with Gasteiger partial charge in [-0.15, -0.1) is 0 Å². The first-order valence-electron chi connectivity index (χ1n) is 8.85. The van der Waals surface area contributed by atoms with Crippen LogP contribution in [0.15, 0.2) is 81.3 Å². The summed E-state index contributed by atoms with van der Waals surface area (Å²) in [6, 6.07) is 13.5. The van der Waals surface area contributed by atoms with Gasteiger partial charge in [-0.25, -0.2) is 0 Å². The number of carbonyl (C=O) groups is 3. The second-order valence-corrected chi connectivity index (χ2v) is 6.33. The Bertz CT molecular complexity index is 1190. The fourth-order valence-corrected chi connectivity index (χ4v) is 2.70. The quantitative estimate of drug-likeness (QED) is 0.194. The number of Topliss-reactive ketones (excluding diaryl/α,β-unsaturated/α-hetero) is 2. The van der Waals surface area contributed by atoms with E-state index >= 15 is 0 Å². The van der Waals surface area contributed by atoms with E-state index < -0.39 is 5.78 Å². The van der Waals surface area contributed by atoms with E-state index in [0.29, 0.717) is 29.2 Å². The largest absolute Gasteiger partial charge is 0.463 e. The molecular weight excluding hydrogens is 370 g/mol. The summed E-state index contributed by atoms with van der Waals surface area (Å²) in [6.45, 7) is 3.67. The van der Waals surface area contributed by atoms with Gasteiger partial charge in [0.25, 0.3) is 0 Å². The summed E-state index contributed by atoms with van der Waals surface area (Å²) in [4.78, 5) is 50.3. The van der Waals surface area contributed by atoms with E-state index in [2.05, 4.69) is 11.6 Å². The number of allylic oxidation sites excluding steroid dienone is 1. The standard InChI is InChI=1S/C23H17NO5/c1-15(22(27)17-9-6-16(7-10-17)8-11-19(26)13-25)24-12-18-14-29-21-5-3-2-4-20(21)23(18)28/h2-7,9-10,12-14H,1,8,11H2. The molecule has 0 saturated carbocycles. The van der Waals surface area contributed by atoms with Gasteiger partial charge in [-0.1, -0.05) is 43.0 Å². The van der Waals surface area contributed by atoms with E-state index in [1.807, 2.05) is 0 Å². The van der Waals surface area contributed by atoms with Gasteiger partial charge in [-0.05, 0) is 24.1 Å². The predicted molar refractivity (Wildman–Crippen MR) is 109 cm³/mol. The Morgan fingerprint density at radius 2 is 1.79 bits per heavy atom. The number of benzene rings is 2. The number of aliphatic imine (C=N–C) groups is 1. The number of aldehydes is 1. The SMILES string of the molecule is C=C(N=Cc1coc2ccccc2c1=O)C(=O)c1ccc(CCC(=O)C=O)cc1. The van der Waals surface area contributed by atoms with Gasteiger partial charge in [0.1, 0.15) is 17.5 Å². The molecule has 0 amide bonds. The van der Waals surface area contributed by atoms with E-state index in [-0.39, 0.29) is 28.9 Å². The van der Waals surface area contributed by atoms with Gasteiger partial charge in [-0.2, -0.15) is 0 Å². The number of ketones is 2. The summed E-state index contributed by atoms with van der Waals surface area (Å²) < 4.78 is 5.41. The maximum atomic E-state index is 12.5. The fraction of sp³-hybridized carbons (Fsp3) is 0.0870. The molecule has 0 N–H and O–H groups in total. The molecule has 6 heteroatoms. The van der Waals surface area contributed by atoms with Crippen molar-refractivity contribution in [2.24, 2.45) is 4.99 Å². The number of hydrogen-bond acceptors (Lipinski definition) is 6. The highest BCUT2D eigenvalue weighted by atomic mass is 16.3. The van der Waals surface area contributed by atoms with Crippen LogP contribution >= 0.6 is 0 Å². The first-order chi connectivity index (χ1) is 14.0. The second-order valence-electron chi connectivity index (χ2n) is 6.33. The Hall–Kier alpha value is -3.93.